The van der Waals surface area contributed by atoms with Gasteiger partial charge in [-0.05, 0) is 37.0 Å². The number of carbonyl (C=O) groups excluding carboxylic acids is 1. The van der Waals surface area contributed by atoms with Crippen molar-refractivity contribution in [1.82, 2.24) is 10.2 Å². The summed E-state index contributed by atoms with van der Waals surface area (Å²) in [6, 6.07) is 6.74. The lowest BCUT2D eigenvalue weighted by atomic mass is 10.1. The summed E-state index contributed by atoms with van der Waals surface area (Å²) in [6.45, 7) is 2.74. The zero-order chi connectivity index (χ0) is 14.4. The molecule has 0 radical (unpaired) electrons. The Bertz CT molecular complexity index is 444. The molecule has 0 unspecified atom stereocenters. The van der Waals surface area contributed by atoms with E-state index in [4.69, 9.17) is 5.73 Å². The van der Waals surface area contributed by atoms with Crippen LogP contribution in [0.5, 0.6) is 0 Å². The largest absolute Gasteiger partial charge is 0.355 e. The number of nitrogens with one attached hydrogen (secondary N) is 1. The van der Waals surface area contributed by atoms with E-state index in [0.29, 0.717) is 19.5 Å². The van der Waals surface area contributed by atoms with Crippen LogP contribution in [0.3, 0.4) is 0 Å². The van der Waals surface area contributed by atoms with Gasteiger partial charge in [-0.15, -0.1) is 0 Å². The topological polar surface area (TPSA) is 58.4 Å². The lowest BCUT2D eigenvalue weighted by Gasteiger charge is -2.29. The molecule has 1 saturated heterocycles. The lowest BCUT2D eigenvalue weighted by Crippen LogP contribution is -2.44. The predicted octanol–water partition coefficient (Wildman–Crippen LogP) is 0.907. The molecule has 4 nitrogen and oxygen atoms in total. The van der Waals surface area contributed by atoms with Gasteiger partial charge in [0.25, 0.3) is 0 Å². The minimum absolute atomic E-state index is 0.0249. The first kappa shape index (κ1) is 14.9. The number of halogens is 1. The predicted molar refractivity (Wildman–Crippen MR) is 76.8 cm³/mol. The van der Waals surface area contributed by atoms with E-state index >= 15 is 0 Å². The number of nitrogens with two attached hydrogens (primary N) is 1. The molecule has 2 rings (SSSR count). The maximum Gasteiger partial charge on any atom is 0.234 e. The van der Waals surface area contributed by atoms with Gasteiger partial charge in [-0.25, -0.2) is 4.39 Å². The standard InChI is InChI=1S/C15H22FN3O/c16-13-3-1-2-12(10-13)4-7-18-15(20)11-19-8-5-14(17)6-9-19/h1-3,10,14H,4-9,11,17H2,(H,18,20). The van der Waals surface area contributed by atoms with Crippen molar-refractivity contribution in [3.8, 4) is 0 Å². The molecular formula is C15H22FN3O. The van der Waals surface area contributed by atoms with Crippen LogP contribution in [-0.2, 0) is 11.2 Å². The Labute approximate surface area is 119 Å². The van der Waals surface area contributed by atoms with Crippen molar-refractivity contribution in [2.75, 3.05) is 26.2 Å². The molecule has 20 heavy (non-hydrogen) atoms. The second-order valence-electron chi connectivity index (χ2n) is 5.34. The molecule has 0 aromatic heterocycles. The van der Waals surface area contributed by atoms with E-state index in [-0.39, 0.29) is 17.8 Å². The Hall–Kier alpha value is -1.46. The number of benzene rings is 1. The fraction of sp³-hybridized carbons (Fsp3) is 0.533. The van der Waals surface area contributed by atoms with Gasteiger partial charge in [0.05, 0.1) is 6.54 Å². The SMILES string of the molecule is NC1CCN(CC(=O)NCCc2cccc(F)c2)CC1. The molecule has 0 atom stereocenters. The summed E-state index contributed by atoms with van der Waals surface area (Å²) in [4.78, 5) is 13.9. The molecule has 1 aliphatic heterocycles. The number of likely N-dealkylation sites (tertiary alicyclic amines) is 1. The Balaban J connectivity index is 1.65. The second kappa shape index (κ2) is 7.36. The number of rotatable bonds is 5. The van der Waals surface area contributed by atoms with Gasteiger partial charge in [0, 0.05) is 25.7 Å². The number of nitrogens with zero attached hydrogens (tertiary/aromatic N) is 1. The summed E-state index contributed by atoms with van der Waals surface area (Å²) in [5.41, 5.74) is 6.72. The van der Waals surface area contributed by atoms with Crippen LogP contribution in [0.1, 0.15) is 18.4 Å². The van der Waals surface area contributed by atoms with E-state index in [1.54, 1.807) is 6.07 Å². The summed E-state index contributed by atoms with van der Waals surface area (Å²) < 4.78 is 13.0. The highest BCUT2D eigenvalue weighted by atomic mass is 19.1. The van der Waals surface area contributed by atoms with Crippen LogP contribution in [0, 0.1) is 5.82 Å². The second-order valence-corrected chi connectivity index (χ2v) is 5.34. The molecule has 0 bridgehead atoms. The Kier molecular flexibility index (Phi) is 5.49. The normalized spacial score (nSPS) is 17.1. The zero-order valence-corrected chi connectivity index (χ0v) is 11.6. The van der Waals surface area contributed by atoms with Gasteiger partial charge < -0.3 is 11.1 Å². The maximum atomic E-state index is 13.0. The van der Waals surface area contributed by atoms with Crippen molar-refractivity contribution in [2.45, 2.75) is 25.3 Å². The van der Waals surface area contributed by atoms with Gasteiger partial charge in [-0.3, -0.25) is 9.69 Å². The highest BCUT2D eigenvalue weighted by molar-refractivity contribution is 5.78. The van der Waals surface area contributed by atoms with Crippen LogP contribution in [-0.4, -0.2) is 43.0 Å². The van der Waals surface area contributed by atoms with E-state index in [1.165, 1.54) is 12.1 Å². The molecule has 1 amide bonds. The molecule has 1 aromatic rings. The summed E-state index contributed by atoms with van der Waals surface area (Å²) in [5, 5.41) is 2.87. The minimum Gasteiger partial charge on any atom is -0.355 e. The van der Waals surface area contributed by atoms with Crippen LogP contribution in [0.2, 0.25) is 0 Å². The third kappa shape index (κ3) is 4.90. The molecule has 1 fully saturated rings. The average Bonchev–Trinajstić information content (AvgIpc) is 2.41. The Morgan fingerprint density at radius 1 is 1.40 bits per heavy atom. The van der Waals surface area contributed by atoms with Gasteiger partial charge in [-0.2, -0.15) is 0 Å². The van der Waals surface area contributed by atoms with E-state index in [1.807, 2.05) is 6.07 Å². The lowest BCUT2D eigenvalue weighted by molar-refractivity contribution is -0.122. The molecule has 0 spiro atoms. The maximum absolute atomic E-state index is 13.0. The summed E-state index contributed by atoms with van der Waals surface area (Å²) in [7, 11) is 0. The fourth-order valence-electron chi connectivity index (χ4n) is 2.41. The summed E-state index contributed by atoms with van der Waals surface area (Å²) >= 11 is 0. The molecule has 5 heteroatoms. The van der Waals surface area contributed by atoms with Crippen molar-refractivity contribution in [3.05, 3.63) is 35.6 Å². The molecule has 1 aliphatic rings. The molecular weight excluding hydrogens is 257 g/mol. The number of hydrogen-bond donors (Lipinski definition) is 2. The van der Waals surface area contributed by atoms with E-state index in [0.717, 1.165) is 31.5 Å². The first-order valence-electron chi connectivity index (χ1n) is 7.12. The number of piperidine rings is 1. The van der Waals surface area contributed by atoms with Crippen LogP contribution in [0.25, 0.3) is 0 Å². The monoisotopic (exact) mass is 279 g/mol. The van der Waals surface area contributed by atoms with Crippen molar-refractivity contribution < 1.29 is 9.18 Å². The van der Waals surface area contributed by atoms with E-state index in [2.05, 4.69) is 10.2 Å². The first-order valence-corrected chi connectivity index (χ1v) is 7.12. The number of hydrogen-bond acceptors (Lipinski definition) is 3. The average molecular weight is 279 g/mol. The zero-order valence-electron chi connectivity index (χ0n) is 11.6. The van der Waals surface area contributed by atoms with Crippen LogP contribution >= 0.6 is 0 Å². The van der Waals surface area contributed by atoms with Gasteiger partial charge in [-0.1, -0.05) is 12.1 Å². The molecule has 3 N–H and O–H groups in total. The van der Waals surface area contributed by atoms with Crippen molar-refractivity contribution in [2.24, 2.45) is 5.73 Å². The van der Waals surface area contributed by atoms with E-state index < -0.39 is 0 Å². The highest BCUT2D eigenvalue weighted by Gasteiger charge is 2.17. The van der Waals surface area contributed by atoms with Crippen molar-refractivity contribution in [1.29, 1.82) is 0 Å². The summed E-state index contributed by atoms with van der Waals surface area (Å²) in [6.07, 6.45) is 2.56. The molecule has 0 saturated carbocycles. The van der Waals surface area contributed by atoms with Crippen molar-refractivity contribution in [3.63, 3.8) is 0 Å². The van der Waals surface area contributed by atoms with Gasteiger partial charge in [0.1, 0.15) is 5.82 Å². The first-order chi connectivity index (χ1) is 9.63. The van der Waals surface area contributed by atoms with Crippen LogP contribution in [0.15, 0.2) is 24.3 Å². The summed E-state index contributed by atoms with van der Waals surface area (Å²) in [5.74, 6) is -0.213. The smallest absolute Gasteiger partial charge is 0.234 e. The van der Waals surface area contributed by atoms with Crippen LogP contribution in [0.4, 0.5) is 4.39 Å². The molecule has 0 aliphatic carbocycles. The third-order valence-electron chi connectivity index (χ3n) is 3.62. The van der Waals surface area contributed by atoms with Crippen molar-refractivity contribution >= 4 is 5.91 Å². The van der Waals surface area contributed by atoms with E-state index in [9.17, 15) is 9.18 Å². The molecule has 110 valence electrons. The number of amides is 1. The Morgan fingerprint density at radius 3 is 2.85 bits per heavy atom. The fourth-order valence-corrected chi connectivity index (χ4v) is 2.41. The Morgan fingerprint density at radius 2 is 2.15 bits per heavy atom. The van der Waals surface area contributed by atoms with Crippen LogP contribution < -0.4 is 11.1 Å². The highest BCUT2D eigenvalue weighted by Crippen LogP contribution is 2.07. The van der Waals surface area contributed by atoms with Gasteiger partial charge in [0.15, 0.2) is 0 Å². The molecule has 1 aromatic carbocycles. The number of carbonyl (C=O) groups is 1. The quantitative estimate of drug-likeness (QED) is 0.842. The van der Waals surface area contributed by atoms with Gasteiger partial charge >= 0.3 is 0 Å². The third-order valence-corrected chi connectivity index (χ3v) is 3.62. The minimum atomic E-state index is -0.238. The van der Waals surface area contributed by atoms with Gasteiger partial charge in [0.2, 0.25) is 5.91 Å². The molecule has 1 heterocycles.